The zero-order chi connectivity index (χ0) is 20.7. The van der Waals surface area contributed by atoms with Crippen LogP contribution in [0.5, 0.6) is 0 Å². The Kier molecular flexibility index (Phi) is 4.63. The van der Waals surface area contributed by atoms with Crippen molar-refractivity contribution in [2.75, 3.05) is 31.1 Å². The van der Waals surface area contributed by atoms with E-state index in [4.69, 9.17) is 9.40 Å². The molecule has 4 aromatic rings. The zero-order valence-electron chi connectivity index (χ0n) is 16.4. The number of hydrogen-bond acceptors (Lipinski definition) is 6. The zero-order valence-corrected chi connectivity index (χ0v) is 17.2. The predicted octanol–water partition coefficient (Wildman–Crippen LogP) is 3.52. The van der Waals surface area contributed by atoms with Crippen molar-refractivity contribution in [2.45, 2.75) is 6.92 Å². The van der Waals surface area contributed by atoms with E-state index in [0.29, 0.717) is 42.6 Å². The minimum Gasteiger partial charge on any atom is -0.459 e. The highest BCUT2D eigenvalue weighted by Crippen LogP contribution is 2.32. The van der Waals surface area contributed by atoms with Gasteiger partial charge in [0, 0.05) is 37.1 Å². The predicted molar refractivity (Wildman–Crippen MR) is 117 cm³/mol. The van der Waals surface area contributed by atoms with Gasteiger partial charge in [-0.25, -0.2) is 4.98 Å². The van der Waals surface area contributed by atoms with Crippen molar-refractivity contribution in [3.8, 4) is 11.1 Å². The fraction of sp³-hybridized carbons (Fsp3) is 0.227. The van der Waals surface area contributed by atoms with E-state index < -0.39 is 0 Å². The smallest absolute Gasteiger partial charge is 0.289 e. The van der Waals surface area contributed by atoms with E-state index in [1.165, 1.54) is 23.2 Å². The Morgan fingerprint density at radius 2 is 1.90 bits per heavy atom. The maximum Gasteiger partial charge on any atom is 0.289 e. The number of aromatic nitrogens is 2. The second kappa shape index (κ2) is 7.46. The second-order valence-electron chi connectivity index (χ2n) is 7.34. The summed E-state index contributed by atoms with van der Waals surface area (Å²) in [6.45, 7) is 4.30. The molecule has 1 aliphatic rings. The molecule has 3 aromatic heterocycles. The highest BCUT2D eigenvalue weighted by molar-refractivity contribution is 7.17. The number of furan rings is 1. The number of fused-ring (bicyclic) bond motifs is 1. The quantitative estimate of drug-likeness (QED) is 0.548. The lowest BCUT2D eigenvalue weighted by molar-refractivity contribution is 0.0714. The first-order valence-electron chi connectivity index (χ1n) is 9.76. The number of amides is 1. The Hall–Kier alpha value is -3.39. The minimum atomic E-state index is -0.132. The summed E-state index contributed by atoms with van der Waals surface area (Å²) in [5.41, 5.74) is 3.79. The van der Waals surface area contributed by atoms with E-state index in [-0.39, 0.29) is 11.5 Å². The van der Waals surface area contributed by atoms with Crippen LogP contribution in [0.2, 0.25) is 0 Å². The highest BCUT2D eigenvalue weighted by atomic mass is 32.1. The van der Waals surface area contributed by atoms with Gasteiger partial charge in [-0.15, -0.1) is 11.3 Å². The topological polar surface area (TPSA) is 82.4 Å². The molecule has 8 heteroatoms. The monoisotopic (exact) mass is 420 g/mol. The summed E-state index contributed by atoms with van der Waals surface area (Å²) < 4.78 is 5.84. The third-order valence-corrected chi connectivity index (χ3v) is 6.34. The molecule has 1 saturated heterocycles. The molecule has 1 aliphatic heterocycles. The molecule has 1 amide bonds. The largest absolute Gasteiger partial charge is 0.459 e. The van der Waals surface area contributed by atoms with Crippen LogP contribution in [-0.2, 0) is 0 Å². The maximum absolute atomic E-state index is 12.7. The Morgan fingerprint density at radius 3 is 2.60 bits per heavy atom. The van der Waals surface area contributed by atoms with Gasteiger partial charge in [-0.1, -0.05) is 29.8 Å². The molecule has 0 unspecified atom stereocenters. The van der Waals surface area contributed by atoms with Gasteiger partial charge >= 0.3 is 0 Å². The molecule has 5 rings (SSSR count). The summed E-state index contributed by atoms with van der Waals surface area (Å²) in [4.78, 5) is 36.6. The molecule has 0 saturated carbocycles. The fourth-order valence-electron chi connectivity index (χ4n) is 3.68. The van der Waals surface area contributed by atoms with E-state index in [2.05, 4.69) is 29.2 Å². The number of benzene rings is 1. The first-order valence-corrected chi connectivity index (χ1v) is 10.6. The number of piperazine rings is 1. The van der Waals surface area contributed by atoms with Gasteiger partial charge in [0.15, 0.2) is 5.76 Å². The van der Waals surface area contributed by atoms with E-state index in [0.717, 1.165) is 16.6 Å². The number of carbonyl (C=O) groups excluding carboxylic acids is 1. The number of aryl methyl sites for hydroxylation is 1. The van der Waals surface area contributed by atoms with Crippen LogP contribution in [0.25, 0.3) is 21.3 Å². The first-order chi connectivity index (χ1) is 14.6. The Bertz CT molecular complexity index is 1250. The lowest BCUT2D eigenvalue weighted by Crippen LogP contribution is -2.49. The van der Waals surface area contributed by atoms with E-state index in [9.17, 15) is 9.59 Å². The van der Waals surface area contributed by atoms with Crippen LogP contribution in [0.1, 0.15) is 16.1 Å². The molecule has 0 aliphatic carbocycles. The van der Waals surface area contributed by atoms with Gasteiger partial charge in [0.05, 0.1) is 11.8 Å². The first kappa shape index (κ1) is 18.6. The van der Waals surface area contributed by atoms with Crippen molar-refractivity contribution in [2.24, 2.45) is 0 Å². The van der Waals surface area contributed by atoms with E-state index >= 15 is 0 Å². The Balaban J connectivity index is 1.41. The molecular weight excluding hydrogens is 400 g/mol. The highest BCUT2D eigenvalue weighted by Gasteiger charge is 2.25. The summed E-state index contributed by atoms with van der Waals surface area (Å²) in [5.74, 6) is 0.776. The SMILES string of the molecule is Cc1ccc(-c2csc3c(=O)[nH]c(N4CCN(C(=O)c5ccco5)CC4)nc23)cc1. The van der Waals surface area contributed by atoms with Crippen LogP contribution >= 0.6 is 11.3 Å². The molecule has 7 nitrogen and oxygen atoms in total. The van der Waals surface area contributed by atoms with Crippen LogP contribution in [-0.4, -0.2) is 47.0 Å². The second-order valence-corrected chi connectivity index (χ2v) is 8.22. The molecule has 4 heterocycles. The van der Waals surface area contributed by atoms with Crippen LogP contribution in [0.15, 0.2) is 57.3 Å². The van der Waals surface area contributed by atoms with Crippen LogP contribution in [0.3, 0.4) is 0 Å². The number of aromatic amines is 1. The number of hydrogen-bond donors (Lipinski definition) is 1. The molecule has 152 valence electrons. The van der Waals surface area contributed by atoms with Crippen molar-refractivity contribution in [1.29, 1.82) is 0 Å². The average molecular weight is 420 g/mol. The summed E-state index contributed by atoms with van der Waals surface area (Å²) in [7, 11) is 0. The molecule has 0 bridgehead atoms. The summed E-state index contributed by atoms with van der Waals surface area (Å²) in [5, 5.41) is 1.99. The molecule has 1 aromatic carbocycles. The molecule has 1 N–H and O–H groups in total. The summed E-state index contributed by atoms with van der Waals surface area (Å²) >= 11 is 1.41. The van der Waals surface area contributed by atoms with Crippen molar-refractivity contribution in [3.05, 3.63) is 69.7 Å². The van der Waals surface area contributed by atoms with Gasteiger partial charge in [0.2, 0.25) is 5.95 Å². The van der Waals surface area contributed by atoms with Crippen molar-refractivity contribution >= 4 is 33.4 Å². The van der Waals surface area contributed by atoms with Crippen molar-refractivity contribution in [3.63, 3.8) is 0 Å². The van der Waals surface area contributed by atoms with Crippen molar-refractivity contribution < 1.29 is 9.21 Å². The van der Waals surface area contributed by atoms with Gasteiger partial charge in [-0.3, -0.25) is 14.6 Å². The Morgan fingerprint density at radius 1 is 1.13 bits per heavy atom. The average Bonchev–Trinajstić information content (AvgIpc) is 3.44. The molecular formula is C22H20N4O3S. The lowest BCUT2D eigenvalue weighted by Gasteiger charge is -2.34. The third kappa shape index (κ3) is 3.29. The van der Waals surface area contributed by atoms with Gasteiger partial charge in [0.1, 0.15) is 4.70 Å². The molecule has 30 heavy (non-hydrogen) atoms. The van der Waals surface area contributed by atoms with Gasteiger partial charge in [-0.2, -0.15) is 0 Å². The standard InChI is InChI=1S/C22H20N4O3S/c1-14-4-6-15(7-5-14)16-13-30-19-18(16)23-22(24-20(19)27)26-10-8-25(9-11-26)21(28)17-3-2-12-29-17/h2-7,12-13H,8-11H2,1H3,(H,23,24,27). The van der Waals surface area contributed by atoms with Gasteiger partial charge < -0.3 is 14.2 Å². The molecule has 1 fully saturated rings. The molecule has 0 atom stereocenters. The fourth-order valence-corrected chi connectivity index (χ4v) is 4.59. The number of rotatable bonds is 3. The lowest BCUT2D eigenvalue weighted by atomic mass is 10.1. The molecule has 0 radical (unpaired) electrons. The van der Waals surface area contributed by atoms with Crippen LogP contribution < -0.4 is 10.5 Å². The molecule has 0 spiro atoms. The number of nitrogens with one attached hydrogen (secondary N) is 1. The number of anilines is 1. The number of H-pyrrole nitrogens is 1. The minimum absolute atomic E-state index is 0.115. The van der Waals surface area contributed by atoms with E-state index in [1.54, 1.807) is 17.0 Å². The summed E-state index contributed by atoms with van der Waals surface area (Å²) in [6, 6.07) is 11.6. The number of carbonyl (C=O) groups is 1. The van der Waals surface area contributed by atoms with Gasteiger partial charge in [-0.05, 0) is 24.6 Å². The van der Waals surface area contributed by atoms with Crippen LogP contribution in [0, 0.1) is 6.92 Å². The number of thiophene rings is 1. The van der Waals surface area contributed by atoms with Crippen LogP contribution in [0.4, 0.5) is 5.95 Å². The third-order valence-electron chi connectivity index (χ3n) is 5.38. The number of nitrogens with zero attached hydrogens (tertiary/aromatic N) is 3. The van der Waals surface area contributed by atoms with E-state index in [1.807, 2.05) is 17.2 Å². The maximum atomic E-state index is 12.7. The Labute approximate surface area is 176 Å². The van der Waals surface area contributed by atoms with Crippen molar-refractivity contribution in [1.82, 2.24) is 14.9 Å². The van der Waals surface area contributed by atoms with Gasteiger partial charge in [0.25, 0.3) is 11.5 Å². The summed E-state index contributed by atoms with van der Waals surface area (Å²) in [6.07, 6.45) is 1.50. The normalized spacial score (nSPS) is 14.4.